The van der Waals surface area contributed by atoms with E-state index in [1.165, 1.54) is 6.92 Å². The first-order valence-corrected chi connectivity index (χ1v) is 2.35. The van der Waals surface area contributed by atoms with Crippen LogP contribution in [0.2, 0.25) is 0 Å². The number of carbonyl (C=O) groups excluding carboxylic acids is 1. The van der Waals surface area contributed by atoms with Gasteiger partial charge in [-0.25, -0.2) is 0 Å². The van der Waals surface area contributed by atoms with Crippen LogP contribution in [0.1, 0.15) is 13.3 Å². The van der Waals surface area contributed by atoms with Gasteiger partial charge >= 0.3 is 0 Å². The van der Waals surface area contributed by atoms with Crippen molar-refractivity contribution < 1.29 is 18.7 Å². The minimum Gasteiger partial charge on any atom is -0.545 e. The molecule has 0 aliphatic heterocycles. The van der Waals surface area contributed by atoms with E-state index in [9.17, 15) is 18.7 Å². The lowest BCUT2D eigenvalue weighted by Gasteiger charge is -2.01. The maximum Gasteiger partial charge on any atom is 0.275 e. The van der Waals surface area contributed by atoms with Crippen molar-refractivity contribution in [1.82, 2.24) is 0 Å². The Kier molecular flexibility index (Phi) is 2.84. The first-order valence-electron chi connectivity index (χ1n) is 2.35. The van der Waals surface area contributed by atoms with Crippen LogP contribution in [0.25, 0.3) is 0 Å². The zero-order chi connectivity index (χ0) is 7.44. The van der Waals surface area contributed by atoms with E-state index in [4.69, 9.17) is 0 Å². The van der Waals surface area contributed by atoms with Gasteiger partial charge in [-0.3, -0.25) is 0 Å². The van der Waals surface area contributed by atoms with E-state index in [0.29, 0.717) is 0 Å². The van der Waals surface area contributed by atoms with Gasteiger partial charge in [-0.2, -0.15) is 8.78 Å². The lowest BCUT2D eigenvalue weighted by atomic mass is 10.2. The van der Waals surface area contributed by atoms with Gasteiger partial charge in [-0.1, -0.05) is 6.92 Å². The molecule has 0 saturated heterocycles. The van der Waals surface area contributed by atoms with Crippen LogP contribution in [0.15, 0.2) is 11.7 Å². The first kappa shape index (κ1) is 8.07. The SMILES string of the molecule is CCC(C(=O)[O-])=C(F)F. The van der Waals surface area contributed by atoms with Gasteiger partial charge in [0.2, 0.25) is 0 Å². The van der Waals surface area contributed by atoms with E-state index < -0.39 is 17.6 Å². The first-order chi connectivity index (χ1) is 4.09. The van der Waals surface area contributed by atoms with E-state index >= 15 is 0 Å². The fourth-order valence-electron chi connectivity index (χ4n) is 0.355. The van der Waals surface area contributed by atoms with Gasteiger partial charge in [-0.15, -0.1) is 0 Å². The molecule has 4 heteroatoms. The average molecular weight is 135 g/mol. The fraction of sp³-hybridized carbons (Fsp3) is 0.400. The number of hydrogen-bond acceptors (Lipinski definition) is 2. The molecule has 0 aliphatic rings. The Morgan fingerprint density at radius 1 is 1.56 bits per heavy atom. The van der Waals surface area contributed by atoms with Crippen LogP contribution in [-0.4, -0.2) is 5.97 Å². The molecule has 0 aliphatic carbocycles. The molecule has 2 nitrogen and oxygen atoms in total. The Morgan fingerprint density at radius 2 is 2.00 bits per heavy atom. The topological polar surface area (TPSA) is 40.1 Å². The van der Waals surface area contributed by atoms with Gasteiger partial charge < -0.3 is 9.90 Å². The van der Waals surface area contributed by atoms with E-state index in [1.807, 2.05) is 0 Å². The summed E-state index contributed by atoms with van der Waals surface area (Å²) in [6, 6.07) is 0. The average Bonchev–Trinajstić information content (AvgIpc) is 1.64. The number of carboxylic acids is 1. The highest BCUT2D eigenvalue weighted by Crippen LogP contribution is 2.09. The third-order valence-electron chi connectivity index (χ3n) is 0.828. The van der Waals surface area contributed by atoms with Gasteiger partial charge in [0.1, 0.15) is 0 Å². The second kappa shape index (κ2) is 3.17. The Labute approximate surface area is 50.8 Å². The summed E-state index contributed by atoms with van der Waals surface area (Å²) in [6.07, 6.45) is -2.37. The summed E-state index contributed by atoms with van der Waals surface area (Å²) in [5, 5.41) is 9.72. The van der Waals surface area contributed by atoms with Crippen molar-refractivity contribution in [1.29, 1.82) is 0 Å². The monoisotopic (exact) mass is 135 g/mol. The van der Waals surface area contributed by atoms with Gasteiger partial charge in [0, 0.05) is 5.57 Å². The molecule has 0 aromatic carbocycles. The van der Waals surface area contributed by atoms with Gasteiger partial charge in [0.05, 0.1) is 5.97 Å². The Balaban J connectivity index is 4.35. The summed E-state index contributed by atoms with van der Waals surface area (Å²) in [5.74, 6) is -1.79. The molecule has 0 N–H and O–H groups in total. The molecular formula is C5H5F2O2-. The lowest BCUT2D eigenvalue weighted by Crippen LogP contribution is -2.24. The second-order valence-corrected chi connectivity index (χ2v) is 1.38. The van der Waals surface area contributed by atoms with Crippen molar-refractivity contribution in [2.75, 3.05) is 0 Å². The molecule has 0 atom stereocenters. The van der Waals surface area contributed by atoms with E-state index in [0.717, 1.165) is 0 Å². The largest absolute Gasteiger partial charge is 0.545 e. The number of carboxylic acid groups (broad SMARTS) is 1. The third-order valence-corrected chi connectivity index (χ3v) is 0.828. The summed E-state index contributed by atoms with van der Waals surface area (Å²) >= 11 is 0. The molecule has 0 aromatic heterocycles. The molecule has 0 aromatic rings. The minimum absolute atomic E-state index is 0.204. The zero-order valence-corrected chi connectivity index (χ0v) is 4.78. The molecule has 0 bridgehead atoms. The summed E-state index contributed by atoms with van der Waals surface area (Å²) in [5.41, 5.74) is -0.921. The van der Waals surface area contributed by atoms with Crippen molar-refractivity contribution in [3.63, 3.8) is 0 Å². The summed E-state index contributed by atoms with van der Waals surface area (Å²) in [4.78, 5) is 9.72. The van der Waals surface area contributed by atoms with Crippen molar-refractivity contribution in [2.45, 2.75) is 13.3 Å². The highest BCUT2D eigenvalue weighted by atomic mass is 19.3. The van der Waals surface area contributed by atoms with Crippen LogP contribution < -0.4 is 5.11 Å². The fourth-order valence-corrected chi connectivity index (χ4v) is 0.355. The van der Waals surface area contributed by atoms with Crippen LogP contribution in [0, 0.1) is 0 Å². The number of halogens is 2. The number of hydrogen-bond donors (Lipinski definition) is 0. The predicted molar refractivity (Wildman–Crippen MR) is 24.5 cm³/mol. The van der Waals surface area contributed by atoms with Crippen LogP contribution in [0.3, 0.4) is 0 Å². The summed E-state index contributed by atoms with van der Waals surface area (Å²) in [6.45, 7) is 1.32. The van der Waals surface area contributed by atoms with Crippen LogP contribution in [0.4, 0.5) is 8.78 Å². The van der Waals surface area contributed by atoms with Gasteiger partial charge in [0.15, 0.2) is 0 Å². The van der Waals surface area contributed by atoms with Crippen molar-refractivity contribution in [3.05, 3.63) is 11.7 Å². The van der Waals surface area contributed by atoms with E-state index in [-0.39, 0.29) is 6.42 Å². The third kappa shape index (κ3) is 2.21. The van der Waals surface area contributed by atoms with Gasteiger partial charge in [0.25, 0.3) is 6.08 Å². The number of carbonyl (C=O) groups is 1. The molecule has 0 unspecified atom stereocenters. The van der Waals surface area contributed by atoms with Crippen molar-refractivity contribution >= 4 is 5.97 Å². The molecule has 0 radical (unpaired) electrons. The van der Waals surface area contributed by atoms with E-state index in [1.54, 1.807) is 0 Å². The molecule has 0 spiro atoms. The second-order valence-electron chi connectivity index (χ2n) is 1.38. The highest BCUT2D eigenvalue weighted by molar-refractivity contribution is 5.84. The molecule has 52 valence electrons. The Bertz CT molecular complexity index is 147. The predicted octanol–water partition coefficient (Wildman–Crippen LogP) is 0.297. The molecular weight excluding hydrogens is 130 g/mol. The maximum absolute atomic E-state index is 11.4. The summed E-state index contributed by atoms with van der Waals surface area (Å²) < 4.78 is 22.8. The smallest absolute Gasteiger partial charge is 0.275 e. The zero-order valence-electron chi connectivity index (χ0n) is 4.78. The van der Waals surface area contributed by atoms with E-state index in [2.05, 4.69) is 0 Å². The molecule has 0 fully saturated rings. The normalized spacial score (nSPS) is 8.78. The highest BCUT2D eigenvalue weighted by Gasteiger charge is 2.02. The summed E-state index contributed by atoms with van der Waals surface area (Å²) in [7, 11) is 0. The molecule has 0 amide bonds. The number of aliphatic carboxylic acids is 1. The maximum atomic E-state index is 11.4. The standard InChI is InChI=1S/C5H6F2O2/c1-2-3(4(6)7)5(8)9/h2H2,1H3,(H,8,9)/p-1. The van der Waals surface area contributed by atoms with Crippen molar-refractivity contribution in [2.24, 2.45) is 0 Å². The van der Waals surface area contributed by atoms with Crippen molar-refractivity contribution in [3.8, 4) is 0 Å². The number of rotatable bonds is 2. The lowest BCUT2D eigenvalue weighted by molar-refractivity contribution is -0.299. The molecule has 9 heavy (non-hydrogen) atoms. The van der Waals surface area contributed by atoms with Crippen LogP contribution >= 0.6 is 0 Å². The van der Waals surface area contributed by atoms with Gasteiger partial charge in [-0.05, 0) is 6.42 Å². The molecule has 0 rings (SSSR count). The minimum atomic E-state index is -2.17. The quantitative estimate of drug-likeness (QED) is 0.511. The van der Waals surface area contributed by atoms with Crippen LogP contribution in [0.5, 0.6) is 0 Å². The molecule has 0 saturated carbocycles. The van der Waals surface area contributed by atoms with Crippen LogP contribution in [-0.2, 0) is 4.79 Å². The molecule has 0 heterocycles. The Hall–Kier alpha value is -0.930. The Morgan fingerprint density at radius 3 is 2.00 bits per heavy atom.